The van der Waals surface area contributed by atoms with Gasteiger partial charge < -0.3 is 4.57 Å². The fourth-order valence-corrected chi connectivity index (χ4v) is 4.43. The summed E-state index contributed by atoms with van der Waals surface area (Å²) in [6.07, 6.45) is 26.0. The van der Waals surface area contributed by atoms with Crippen molar-refractivity contribution in [1.29, 1.82) is 0 Å². The van der Waals surface area contributed by atoms with Crippen LogP contribution in [0.2, 0.25) is 0 Å². The molecule has 0 aromatic carbocycles. The summed E-state index contributed by atoms with van der Waals surface area (Å²) in [6.45, 7) is 12.7. The molecule has 1 heterocycles. The van der Waals surface area contributed by atoms with E-state index in [1.54, 1.807) is 0 Å². The van der Waals surface area contributed by atoms with Crippen molar-refractivity contribution < 1.29 is 0 Å². The lowest BCUT2D eigenvalue weighted by Gasteiger charge is -2.14. The quantitative estimate of drug-likeness (QED) is 0.193. The zero-order valence-corrected chi connectivity index (χ0v) is 21.4. The highest BCUT2D eigenvalue weighted by Gasteiger charge is 2.16. The van der Waals surface area contributed by atoms with Crippen molar-refractivity contribution in [2.45, 2.75) is 162 Å². The molecule has 1 unspecified atom stereocenters. The minimum Gasteiger partial charge on any atom is -0.334 e. The summed E-state index contributed by atoms with van der Waals surface area (Å²) in [5, 5.41) is 0. The first-order chi connectivity index (χ1) is 14.6. The van der Waals surface area contributed by atoms with E-state index in [1.807, 2.05) is 0 Å². The van der Waals surface area contributed by atoms with E-state index >= 15 is 0 Å². The highest BCUT2D eigenvalue weighted by molar-refractivity contribution is 5.11. The number of nitrogens with zero attached hydrogens (tertiary/aromatic N) is 2. The SMILES string of the molecule is CCCCCCCCCCCC(C)c1nc(C(C)C)cn1CCCCCCCCC. The molecule has 1 aromatic heterocycles. The average Bonchev–Trinajstić information content (AvgIpc) is 3.16. The van der Waals surface area contributed by atoms with Crippen LogP contribution < -0.4 is 0 Å². The van der Waals surface area contributed by atoms with E-state index in [0.717, 1.165) is 6.54 Å². The number of unbranched alkanes of at least 4 members (excludes halogenated alkanes) is 14. The van der Waals surface area contributed by atoms with Gasteiger partial charge in [-0.05, 0) is 18.8 Å². The highest BCUT2D eigenvalue weighted by Crippen LogP contribution is 2.25. The molecule has 1 atom stereocenters. The zero-order valence-electron chi connectivity index (χ0n) is 21.4. The zero-order chi connectivity index (χ0) is 22.0. The van der Waals surface area contributed by atoms with Gasteiger partial charge in [0.25, 0.3) is 0 Å². The molecule has 1 aromatic rings. The number of rotatable bonds is 20. The van der Waals surface area contributed by atoms with Gasteiger partial charge in [0.2, 0.25) is 0 Å². The van der Waals surface area contributed by atoms with E-state index in [2.05, 4.69) is 45.4 Å². The van der Waals surface area contributed by atoms with Gasteiger partial charge in [-0.25, -0.2) is 4.98 Å². The molecule has 0 amide bonds. The molecule has 0 aliphatic heterocycles. The molecule has 0 saturated heterocycles. The molecule has 0 bridgehead atoms. The van der Waals surface area contributed by atoms with Crippen molar-refractivity contribution in [3.8, 4) is 0 Å². The molecule has 0 radical (unpaired) electrons. The van der Waals surface area contributed by atoms with E-state index in [-0.39, 0.29) is 0 Å². The topological polar surface area (TPSA) is 17.8 Å². The summed E-state index contributed by atoms with van der Waals surface area (Å²) in [5.74, 6) is 2.47. The average molecular weight is 419 g/mol. The molecule has 1 rings (SSSR count). The number of hydrogen-bond donors (Lipinski definition) is 0. The fourth-order valence-electron chi connectivity index (χ4n) is 4.43. The van der Waals surface area contributed by atoms with E-state index in [0.29, 0.717) is 11.8 Å². The lowest BCUT2D eigenvalue weighted by molar-refractivity contribution is 0.499. The smallest absolute Gasteiger partial charge is 0.111 e. The molecular formula is C28H54N2. The van der Waals surface area contributed by atoms with Crippen LogP contribution in [0, 0.1) is 0 Å². The molecule has 2 heteroatoms. The van der Waals surface area contributed by atoms with Gasteiger partial charge in [-0.1, -0.05) is 131 Å². The number of hydrogen-bond acceptors (Lipinski definition) is 1. The van der Waals surface area contributed by atoms with Crippen LogP contribution in [0.3, 0.4) is 0 Å². The van der Waals surface area contributed by atoms with Gasteiger partial charge in [-0.2, -0.15) is 0 Å². The van der Waals surface area contributed by atoms with Gasteiger partial charge in [-0.15, -0.1) is 0 Å². The normalized spacial score (nSPS) is 12.7. The summed E-state index contributed by atoms with van der Waals surface area (Å²) in [4.78, 5) is 5.07. The largest absolute Gasteiger partial charge is 0.334 e. The van der Waals surface area contributed by atoms with E-state index in [4.69, 9.17) is 4.98 Å². The summed E-state index contributed by atoms with van der Waals surface area (Å²) >= 11 is 0. The Balaban J connectivity index is 2.33. The molecule has 0 aliphatic carbocycles. The first-order valence-corrected chi connectivity index (χ1v) is 13.7. The summed E-state index contributed by atoms with van der Waals surface area (Å²) in [7, 11) is 0. The predicted octanol–water partition coefficient (Wildman–Crippen LogP) is 9.78. The molecule has 0 fully saturated rings. The Morgan fingerprint density at radius 2 is 1.13 bits per heavy atom. The number of aryl methyl sites for hydroxylation is 1. The Labute approximate surface area is 189 Å². The molecule has 30 heavy (non-hydrogen) atoms. The maximum atomic E-state index is 5.07. The van der Waals surface area contributed by atoms with Gasteiger partial charge in [0.15, 0.2) is 0 Å². The molecule has 2 nitrogen and oxygen atoms in total. The Bertz CT molecular complexity index is 503. The van der Waals surface area contributed by atoms with Crippen LogP contribution in [-0.2, 0) is 6.54 Å². The van der Waals surface area contributed by atoms with Crippen molar-refractivity contribution in [1.82, 2.24) is 9.55 Å². The molecule has 176 valence electrons. The second-order valence-corrected chi connectivity index (χ2v) is 10.0. The lowest BCUT2D eigenvalue weighted by Crippen LogP contribution is -2.07. The molecule has 0 N–H and O–H groups in total. The van der Waals surface area contributed by atoms with Crippen molar-refractivity contribution in [2.75, 3.05) is 0 Å². The minimum absolute atomic E-state index is 0.527. The minimum atomic E-state index is 0.527. The molecular weight excluding hydrogens is 364 g/mol. The van der Waals surface area contributed by atoms with Crippen LogP contribution in [0.4, 0.5) is 0 Å². The maximum absolute atomic E-state index is 5.07. The third-order valence-corrected chi connectivity index (χ3v) is 6.60. The van der Waals surface area contributed by atoms with Crippen molar-refractivity contribution in [3.63, 3.8) is 0 Å². The van der Waals surface area contributed by atoms with Crippen LogP contribution in [0.15, 0.2) is 6.20 Å². The summed E-state index contributed by atoms with van der Waals surface area (Å²) in [5.41, 5.74) is 1.28. The van der Waals surface area contributed by atoms with Gasteiger partial charge in [0.05, 0.1) is 5.69 Å². The first-order valence-electron chi connectivity index (χ1n) is 13.7. The van der Waals surface area contributed by atoms with Gasteiger partial charge in [-0.3, -0.25) is 0 Å². The Morgan fingerprint density at radius 1 is 0.667 bits per heavy atom. The second kappa shape index (κ2) is 17.8. The fraction of sp³-hybridized carbons (Fsp3) is 0.893. The highest BCUT2D eigenvalue weighted by atomic mass is 15.1. The lowest BCUT2D eigenvalue weighted by atomic mass is 10.0. The maximum Gasteiger partial charge on any atom is 0.111 e. The van der Waals surface area contributed by atoms with Crippen LogP contribution in [0.1, 0.15) is 167 Å². The standard InChI is InChI=1S/C28H54N2/c1-6-8-10-12-14-15-16-18-20-22-26(5)28-29-27(25(3)4)24-30(28)23-21-19-17-13-11-9-7-2/h24-26H,6-23H2,1-5H3. The Morgan fingerprint density at radius 3 is 1.63 bits per heavy atom. The Hall–Kier alpha value is -0.790. The van der Waals surface area contributed by atoms with Crippen LogP contribution >= 0.6 is 0 Å². The van der Waals surface area contributed by atoms with Crippen molar-refractivity contribution in [3.05, 3.63) is 17.7 Å². The first kappa shape index (κ1) is 27.2. The molecule has 0 aliphatic rings. The van der Waals surface area contributed by atoms with E-state index in [1.165, 1.54) is 121 Å². The van der Waals surface area contributed by atoms with Crippen LogP contribution in [-0.4, -0.2) is 9.55 Å². The molecule has 0 spiro atoms. The second-order valence-electron chi connectivity index (χ2n) is 10.0. The van der Waals surface area contributed by atoms with Crippen molar-refractivity contribution in [2.24, 2.45) is 0 Å². The summed E-state index contributed by atoms with van der Waals surface area (Å²) in [6, 6.07) is 0. The predicted molar refractivity (Wildman–Crippen MR) is 135 cm³/mol. The van der Waals surface area contributed by atoms with Gasteiger partial charge in [0, 0.05) is 18.7 Å². The third-order valence-electron chi connectivity index (χ3n) is 6.60. The Kier molecular flexibility index (Phi) is 16.2. The van der Waals surface area contributed by atoms with E-state index in [9.17, 15) is 0 Å². The number of imidazole rings is 1. The number of aromatic nitrogens is 2. The molecule has 0 saturated carbocycles. The van der Waals surface area contributed by atoms with Crippen LogP contribution in [0.5, 0.6) is 0 Å². The van der Waals surface area contributed by atoms with Gasteiger partial charge in [0.1, 0.15) is 5.82 Å². The van der Waals surface area contributed by atoms with Crippen molar-refractivity contribution >= 4 is 0 Å². The van der Waals surface area contributed by atoms with E-state index < -0.39 is 0 Å². The van der Waals surface area contributed by atoms with Crippen LogP contribution in [0.25, 0.3) is 0 Å². The van der Waals surface area contributed by atoms with Gasteiger partial charge >= 0.3 is 0 Å². The third kappa shape index (κ3) is 12.2. The summed E-state index contributed by atoms with van der Waals surface area (Å²) < 4.78 is 2.50. The monoisotopic (exact) mass is 418 g/mol.